The maximum absolute atomic E-state index is 10.7. The molecule has 4 heteroatoms. The molecule has 1 atom stereocenters. The van der Waals surface area contributed by atoms with Crippen molar-refractivity contribution in [3.05, 3.63) is 0 Å². The third-order valence-corrected chi connectivity index (χ3v) is 2.64. The summed E-state index contributed by atoms with van der Waals surface area (Å²) in [6.45, 7) is 0.769. The van der Waals surface area contributed by atoms with E-state index in [2.05, 4.69) is 5.32 Å². The lowest BCUT2D eigenvalue weighted by Gasteiger charge is -2.07. The molecule has 0 aromatic carbocycles. The topological polar surface area (TPSA) is 49.3 Å². The van der Waals surface area contributed by atoms with E-state index in [0.29, 0.717) is 13.0 Å². The van der Waals surface area contributed by atoms with Gasteiger partial charge in [-0.15, -0.1) is 0 Å². The molecular formula is C6H11NO2S. The van der Waals surface area contributed by atoms with Crippen LogP contribution in [0.25, 0.3) is 0 Å². The molecule has 0 spiro atoms. The number of thioether (sulfide) groups is 1. The fourth-order valence-electron chi connectivity index (χ4n) is 0.811. The first-order valence-electron chi connectivity index (χ1n) is 3.32. The third kappa shape index (κ3) is 2.19. The molecule has 58 valence electrons. The van der Waals surface area contributed by atoms with E-state index in [0.717, 1.165) is 5.75 Å². The summed E-state index contributed by atoms with van der Waals surface area (Å²) in [7, 11) is 0. The van der Waals surface area contributed by atoms with E-state index >= 15 is 0 Å². The monoisotopic (exact) mass is 161 g/mol. The Morgan fingerprint density at radius 1 is 1.80 bits per heavy atom. The van der Waals surface area contributed by atoms with Gasteiger partial charge in [0.25, 0.3) is 0 Å². The molecule has 1 aliphatic rings. The maximum atomic E-state index is 10.7. The molecule has 1 heterocycles. The molecule has 0 bridgehead atoms. The molecule has 1 unspecified atom stereocenters. The molecule has 1 aliphatic heterocycles. The minimum atomic E-state index is 0.100. The van der Waals surface area contributed by atoms with Gasteiger partial charge in [0.2, 0.25) is 5.91 Å². The van der Waals surface area contributed by atoms with Crippen LogP contribution in [0.4, 0.5) is 0 Å². The molecule has 1 fully saturated rings. The zero-order valence-corrected chi connectivity index (χ0v) is 6.49. The Morgan fingerprint density at radius 3 is 3.30 bits per heavy atom. The van der Waals surface area contributed by atoms with Crippen molar-refractivity contribution >= 4 is 17.7 Å². The molecule has 0 saturated carbocycles. The first-order valence-corrected chi connectivity index (χ1v) is 4.37. The van der Waals surface area contributed by atoms with Crippen molar-refractivity contribution in [3.8, 4) is 0 Å². The number of aliphatic hydroxyl groups excluding tert-OH is 1. The van der Waals surface area contributed by atoms with Gasteiger partial charge in [0.15, 0.2) is 0 Å². The molecule has 0 aromatic heterocycles. The molecule has 1 rings (SSSR count). The quantitative estimate of drug-likeness (QED) is 0.550. The first-order chi connectivity index (χ1) is 4.83. The number of nitrogens with one attached hydrogen (secondary N) is 1. The Bertz CT molecular complexity index is 129. The fraction of sp³-hybridized carbons (Fsp3) is 0.833. The van der Waals surface area contributed by atoms with Gasteiger partial charge in [-0.05, 0) is 0 Å². The van der Waals surface area contributed by atoms with Crippen molar-refractivity contribution in [2.45, 2.75) is 11.7 Å². The molecule has 3 nitrogen and oxygen atoms in total. The van der Waals surface area contributed by atoms with E-state index < -0.39 is 0 Å². The molecule has 0 aromatic rings. The van der Waals surface area contributed by atoms with Crippen LogP contribution in [0.1, 0.15) is 6.42 Å². The highest BCUT2D eigenvalue weighted by Crippen LogP contribution is 2.13. The third-order valence-electron chi connectivity index (χ3n) is 1.41. The van der Waals surface area contributed by atoms with Gasteiger partial charge >= 0.3 is 0 Å². The van der Waals surface area contributed by atoms with Crippen LogP contribution in [0, 0.1) is 0 Å². The average Bonchev–Trinajstić information content (AvgIpc) is 2.14. The zero-order chi connectivity index (χ0) is 7.40. The molecule has 1 saturated heterocycles. The number of aliphatic hydroxyl groups is 1. The number of hydrogen-bond donors (Lipinski definition) is 2. The second-order valence-corrected chi connectivity index (χ2v) is 3.64. The van der Waals surface area contributed by atoms with E-state index in [1.165, 1.54) is 0 Å². The second kappa shape index (κ2) is 3.83. The number of carbonyl (C=O) groups excluding carboxylic acids is 1. The Labute approximate surface area is 64.2 Å². The minimum Gasteiger partial charge on any atom is -0.395 e. The fourth-order valence-corrected chi connectivity index (χ4v) is 1.75. The van der Waals surface area contributed by atoms with E-state index in [1.54, 1.807) is 11.8 Å². The predicted octanol–water partition coefficient (Wildman–Crippen LogP) is -0.400. The molecule has 1 amide bonds. The minimum absolute atomic E-state index is 0.100. The maximum Gasteiger partial charge on any atom is 0.220 e. The van der Waals surface area contributed by atoms with Crippen LogP contribution in [-0.2, 0) is 4.79 Å². The molecule has 0 radical (unpaired) electrons. The Kier molecular flexibility index (Phi) is 3.02. The standard InChI is InChI=1S/C6H11NO2S/c8-4-5-3-7-6(9)1-2-10-5/h5,8H,1-4H2,(H,7,9). The van der Waals surface area contributed by atoms with E-state index in [4.69, 9.17) is 5.11 Å². The molecular weight excluding hydrogens is 150 g/mol. The Morgan fingerprint density at radius 2 is 2.60 bits per heavy atom. The van der Waals surface area contributed by atoms with Crippen LogP contribution in [0.15, 0.2) is 0 Å². The van der Waals surface area contributed by atoms with Crippen molar-refractivity contribution in [3.63, 3.8) is 0 Å². The summed E-state index contributed by atoms with van der Waals surface area (Å²) in [5, 5.41) is 11.7. The van der Waals surface area contributed by atoms with Crippen LogP contribution in [0.3, 0.4) is 0 Å². The van der Waals surface area contributed by atoms with Crippen LogP contribution >= 0.6 is 11.8 Å². The van der Waals surface area contributed by atoms with Gasteiger partial charge < -0.3 is 10.4 Å². The van der Waals surface area contributed by atoms with Gasteiger partial charge in [0.1, 0.15) is 0 Å². The normalized spacial score (nSPS) is 27.3. The van der Waals surface area contributed by atoms with Gasteiger partial charge in [-0.1, -0.05) is 0 Å². The summed E-state index contributed by atoms with van der Waals surface area (Å²) >= 11 is 1.65. The van der Waals surface area contributed by atoms with Crippen molar-refractivity contribution in [2.75, 3.05) is 18.9 Å². The smallest absolute Gasteiger partial charge is 0.220 e. The zero-order valence-electron chi connectivity index (χ0n) is 5.67. The van der Waals surface area contributed by atoms with Gasteiger partial charge in [-0.25, -0.2) is 0 Å². The summed E-state index contributed by atoms with van der Waals surface area (Å²) in [5.41, 5.74) is 0. The summed E-state index contributed by atoms with van der Waals surface area (Å²) < 4.78 is 0. The van der Waals surface area contributed by atoms with E-state index in [-0.39, 0.29) is 17.8 Å². The van der Waals surface area contributed by atoms with Gasteiger partial charge in [0.05, 0.1) is 6.61 Å². The van der Waals surface area contributed by atoms with Crippen molar-refractivity contribution in [1.29, 1.82) is 0 Å². The lowest BCUT2D eigenvalue weighted by molar-refractivity contribution is -0.120. The summed E-state index contributed by atoms with van der Waals surface area (Å²) in [4.78, 5) is 10.7. The summed E-state index contributed by atoms with van der Waals surface area (Å²) in [6.07, 6.45) is 0.584. The number of hydrogen-bond acceptors (Lipinski definition) is 3. The number of carbonyl (C=O) groups is 1. The summed E-state index contributed by atoms with van der Waals surface area (Å²) in [6, 6.07) is 0. The van der Waals surface area contributed by atoms with Crippen LogP contribution in [-0.4, -0.2) is 35.2 Å². The van der Waals surface area contributed by atoms with Gasteiger partial charge in [0, 0.05) is 24.0 Å². The Hall–Kier alpha value is -0.220. The van der Waals surface area contributed by atoms with Crippen LogP contribution < -0.4 is 5.32 Å². The Balaban J connectivity index is 2.33. The highest BCUT2D eigenvalue weighted by molar-refractivity contribution is 8.00. The van der Waals surface area contributed by atoms with Gasteiger partial charge in [-0.2, -0.15) is 11.8 Å². The van der Waals surface area contributed by atoms with Crippen molar-refractivity contribution < 1.29 is 9.90 Å². The predicted molar refractivity (Wildman–Crippen MR) is 41.0 cm³/mol. The lowest BCUT2D eigenvalue weighted by Crippen LogP contribution is -2.29. The van der Waals surface area contributed by atoms with Crippen LogP contribution in [0.2, 0.25) is 0 Å². The second-order valence-electron chi connectivity index (χ2n) is 2.23. The average molecular weight is 161 g/mol. The SMILES string of the molecule is O=C1CCSC(CO)CN1. The van der Waals surface area contributed by atoms with Crippen molar-refractivity contribution in [1.82, 2.24) is 5.32 Å². The summed E-state index contributed by atoms with van der Waals surface area (Å²) in [5.74, 6) is 0.931. The van der Waals surface area contributed by atoms with Gasteiger partial charge in [-0.3, -0.25) is 4.79 Å². The molecule has 0 aliphatic carbocycles. The highest BCUT2D eigenvalue weighted by Gasteiger charge is 2.14. The van der Waals surface area contributed by atoms with Crippen molar-refractivity contribution in [2.24, 2.45) is 0 Å². The molecule has 10 heavy (non-hydrogen) atoms. The highest BCUT2D eigenvalue weighted by atomic mass is 32.2. The largest absolute Gasteiger partial charge is 0.395 e. The van der Waals surface area contributed by atoms with E-state index in [9.17, 15) is 4.79 Å². The molecule has 2 N–H and O–H groups in total. The number of rotatable bonds is 1. The van der Waals surface area contributed by atoms with Crippen LogP contribution in [0.5, 0.6) is 0 Å². The lowest BCUT2D eigenvalue weighted by atomic mass is 10.4. The van der Waals surface area contributed by atoms with E-state index in [1.807, 2.05) is 0 Å². The number of amides is 1. The first kappa shape index (κ1) is 7.88.